The van der Waals surface area contributed by atoms with Crippen LogP contribution in [0.1, 0.15) is 70.4 Å². The monoisotopic (exact) mass is 474 g/mol. The van der Waals surface area contributed by atoms with Crippen molar-refractivity contribution in [3.05, 3.63) is 95.1 Å². The molecule has 0 bridgehead atoms. The highest BCUT2D eigenvalue weighted by molar-refractivity contribution is 6.01. The average molecular weight is 475 g/mol. The molecule has 1 unspecified atom stereocenters. The highest BCUT2D eigenvalue weighted by Crippen LogP contribution is 2.50. The second kappa shape index (κ2) is 12.5. The molecule has 2 aromatic carbocycles. The van der Waals surface area contributed by atoms with Crippen LogP contribution in [-0.4, -0.2) is 11.9 Å². The summed E-state index contributed by atoms with van der Waals surface area (Å²) in [5.41, 5.74) is 3.88. The molecule has 35 heavy (non-hydrogen) atoms. The summed E-state index contributed by atoms with van der Waals surface area (Å²) in [6.45, 7) is 11.0. The largest absolute Gasteiger partial charge is 0.460 e. The van der Waals surface area contributed by atoms with Gasteiger partial charge < -0.3 is 9.47 Å². The molecule has 0 saturated heterocycles. The van der Waals surface area contributed by atoms with Crippen LogP contribution in [0.5, 0.6) is 0 Å². The number of esters is 2. The number of benzene rings is 2. The molecule has 186 valence electrons. The maximum absolute atomic E-state index is 13.6. The Morgan fingerprint density at radius 3 is 1.89 bits per heavy atom. The van der Waals surface area contributed by atoms with E-state index < -0.39 is 17.4 Å². The first-order valence-corrected chi connectivity index (χ1v) is 12.7. The maximum atomic E-state index is 13.6. The van der Waals surface area contributed by atoms with Gasteiger partial charge in [0.2, 0.25) is 0 Å². The Hall–Kier alpha value is -3.14. The molecule has 4 heteroatoms. The molecule has 0 amide bonds. The number of unbranched alkanes of at least 4 members (excludes halogenated alkanes) is 1. The first-order chi connectivity index (χ1) is 16.9. The third-order valence-electron chi connectivity index (χ3n) is 6.95. The zero-order valence-electron chi connectivity index (χ0n) is 21.3. The summed E-state index contributed by atoms with van der Waals surface area (Å²) in [6.07, 6.45) is 4.64. The molecule has 2 aromatic rings. The Morgan fingerprint density at radius 2 is 1.43 bits per heavy atom. The molecule has 1 aliphatic rings. The molecule has 4 nitrogen and oxygen atoms in total. The third-order valence-corrected chi connectivity index (χ3v) is 6.95. The number of hydrogen-bond donors (Lipinski definition) is 0. The van der Waals surface area contributed by atoms with Gasteiger partial charge in [0.1, 0.15) is 13.2 Å². The van der Waals surface area contributed by atoms with Gasteiger partial charge in [-0.3, -0.25) is 9.59 Å². The van der Waals surface area contributed by atoms with Crippen LogP contribution in [0.15, 0.2) is 84.0 Å². The number of rotatable bonds is 11. The first-order valence-electron chi connectivity index (χ1n) is 12.7. The van der Waals surface area contributed by atoms with Crippen LogP contribution in [0, 0.1) is 11.3 Å². The molecule has 0 heterocycles. The highest BCUT2D eigenvalue weighted by atomic mass is 16.6. The van der Waals surface area contributed by atoms with E-state index in [1.807, 2.05) is 60.7 Å². The molecule has 3 rings (SSSR count). The van der Waals surface area contributed by atoms with Gasteiger partial charge in [0.25, 0.3) is 0 Å². The normalized spacial score (nSPS) is 18.1. The van der Waals surface area contributed by atoms with Crippen molar-refractivity contribution in [1.29, 1.82) is 0 Å². The predicted octanol–water partition coefficient (Wildman–Crippen LogP) is 7.34. The van der Waals surface area contributed by atoms with Gasteiger partial charge in [-0.1, -0.05) is 106 Å². The topological polar surface area (TPSA) is 52.6 Å². The SMILES string of the molecule is C=C(CCCC)/C(CC)=C1\CC(C(=O)OCc2ccccc2)(C(=O)OCc2ccccc2)CC1C. The summed E-state index contributed by atoms with van der Waals surface area (Å²) in [6, 6.07) is 19.1. The lowest BCUT2D eigenvalue weighted by Gasteiger charge is -2.25. The van der Waals surface area contributed by atoms with E-state index >= 15 is 0 Å². The molecule has 1 aliphatic carbocycles. The van der Waals surface area contributed by atoms with Crippen molar-refractivity contribution in [2.24, 2.45) is 11.3 Å². The summed E-state index contributed by atoms with van der Waals surface area (Å²) in [4.78, 5) is 27.1. The predicted molar refractivity (Wildman–Crippen MR) is 139 cm³/mol. The average Bonchev–Trinajstić information content (AvgIpc) is 3.24. The van der Waals surface area contributed by atoms with Gasteiger partial charge in [-0.15, -0.1) is 0 Å². The van der Waals surface area contributed by atoms with Gasteiger partial charge in [-0.25, -0.2) is 0 Å². The number of hydrogen-bond acceptors (Lipinski definition) is 4. The lowest BCUT2D eigenvalue weighted by Crippen LogP contribution is -2.40. The molecule has 1 fully saturated rings. The minimum atomic E-state index is -1.34. The Balaban J connectivity index is 1.88. The van der Waals surface area contributed by atoms with Crippen LogP contribution in [0.4, 0.5) is 0 Å². The molecular weight excluding hydrogens is 436 g/mol. The standard InChI is InChI=1S/C31H38O4/c1-5-7-14-23(3)27(6-2)28-20-31(19-24(28)4,29(32)34-21-25-15-10-8-11-16-25)30(33)35-22-26-17-12-9-13-18-26/h8-13,15-18,24H,3,5-7,14,19-22H2,1-2,4H3/b28-27+. The van der Waals surface area contributed by atoms with E-state index in [0.29, 0.717) is 12.8 Å². The molecule has 0 radical (unpaired) electrons. The van der Waals surface area contributed by atoms with E-state index in [4.69, 9.17) is 9.47 Å². The van der Waals surface area contributed by atoms with Crippen LogP contribution >= 0.6 is 0 Å². The van der Waals surface area contributed by atoms with Crippen LogP contribution in [0.3, 0.4) is 0 Å². The molecule has 0 spiro atoms. The van der Waals surface area contributed by atoms with E-state index in [1.54, 1.807) is 0 Å². The molecule has 1 atom stereocenters. The van der Waals surface area contributed by atoms with Crippen molar-refractivity contribution in [2.45, 2.75) is 72.5 Å². The minimum Gasteiger partial charge on any atom is -0.460 e. The fourth-order valence-corrected chi connectivity index (χ4v) is 4.98. The molecular formula is C31H38O4. The van der Waals surface area contributed by atoms with Crippen molar-refractivity contribution in [3.8, 4) is 0 Å². The summed E-state index contributed by atoms with van der Waals surface area (Å²) in [7, 11) is 0. The van der Waals surface area contributed by atoms with Crippen molar-refractivity contribution in [1.82, 2.24) is 0 Å². The van der Waals surface area contributed by atoms with Gasteiger partial charge in [-0.05, 0) is 54.7 Å². The van der Waals surface area contributed by atoms with Crippen LogP contribution < -0.4 is 0 Å². The van der Waals surface area contributed by atoms with Crippen LogP contribution in [-0.2, 0) is 32.3 Å². The fraction of sp³-hybridized carbons (Fsp3) is 0.419. The van der Waals surface area contributed by atoms with Gasteiger partial charge in [-0.2, -0.15) is 0 Å². The second-order valence-corrected chi connectivity index (χ2v) is 9.55. The quantitative estimate of drug-likeness (QED) is 0.252. The summed E-state index contributed by atoms with van der Waals surface area (Å²) in [5.74, 6) is -0.941. The smallest absolute Gasteiger partial charge is 0.324 e. The van der Waals surface area contributed by atoms with Crippen molar-refractivity contribution in [3.63, 3.8) is 0 Å². The first kappa shape index (κ1) is 26.5. The van der Waals surface area contributed by atoms with Crippen LogP contribution in [0.2, 0.25) is 0 Å². The molecule has 1 saturated carbocycles. The van der Waals surface area contributed by atoms with Gasteiger partial charge in [0.15, 0.2) is 5.41 Å². The Bertz CT molecular complexity index is 981. The number of ether oxygens (including phenoxy) is 2. The fourth-order valence-electron chi connectivity index (χ4n) is 4.98. The Morgan fingerprint density at radius 1 is 0.914 bits per heavy atom. The van der Waals surface area contributed by atoms with Crippen molar-refractivity contribution < 1.29 is 19.1 Å². The summed E-state index contributed by atoms with van der Waals surface area (Å²) < 4.78 is 11.5. The minimum absolute atomic E-state index is 0.0666. The molecule has 0 aliphatic heterocycles. The zero-order chi connectivity index (χ0) is 25.3. The van der Waals surface area contributed by atoms with E-state index in [1.165, 1.54) is 5.57 Å². The Labute approximate surface area is 210 Å². The maximum Gasteiger partial charge on any atom is 0.324 e. The van der Waals surface area contributed by atoms with Gasteiger partial charge in [0.05, 0.1) is 0 Å². The van der Waals surface area contributed by atoms with Crippen molar-refractivity contribution in [2.75, 3.05) is 0 Å². The van der Waals surface area contributed by atoms with E-state index in [-0.39, 0.29) is 19.1 Å². The number of carbonyl (C=O) groups is 2. The lowest BCUT2D eigenvalue weighted by molar-refractivity contribution is -0.174. The van der Waals surface area contributed by atoms with E-state index in [0.717, 1.165) is 48.0 Å². The van der Waals surface area contributed by atoms with Crippen molar-refractivity contribution >= 4 is 11.9 Å². The zero-order valence-corrected chi connectivity index (χ0v) is 21.3. The summed E-state index contributed by atoms with van der Waals surface area (Å²) in [5, 5.41) is 0. The number of carbonyl (C=O) groups excluding carboxylic acids is 2. The third kappa shape index (κ3) is 6.50. The van der Waals surface area contributed by atoms with Gasteiger partial charge in [0, 0.05) is 0 Å². The van der Waals surface area contributed by atoms with E-state index in [9.17, 15) is 9.59 Å². The molecule has 0 N–H and O–H groups in total. The lowest BCUT2D eigenvalue weighted by atomic mass is 9.84. The Kier molecular flexibility index (Phi) is 9.47. The highest BCUT2D eigenvalue weighted by Gasteiger charge is 2.55. The van der Waals surface area contributed by atoms with Crippen LogP contribution in [0.25, 0.3) is 0 Å². The number of allylic oxidation sites excluding steroid dienone is 3. The van der Waals surface area contributed by atoms with Gasteiger partial charge >= 0.3 is 11.9 Å². The summed E-state index contributed by atoms with van der Waals surface area (Å²) >= 11 is 0. The second-order valence-electron chi connectivity index (χ2n) is 9.55. The molecule has 0 aromatic heterocycles. The van der Waals surface area contributed by atoms with E-state index in [2.05, 4.69) is 27.4 Å².